The molecule has 8 heteroatoms. The van der Waals surface area contributed by atoms with Crippen LogP contribution in [0.4, 0.5) is 5.82 Å². The van der Waals surface area contributed by atoms with Gasteiger partial charge < -0.3 is 20.3 Å². The Hall–Kier alpha value is -2.81. The van der Waals surface area contributed by atoms with E-state index in [4.69, 9.17) is 4.74 Å². The van der Waals surface area contributed by atoms with Crippen molar-refractivity contribution in [3.8, 4) is 0 Å². The molecule has 1 saturated heterocycles. The molecule has 3 N–H and O–H groups in total. The van der Waals surface area contributed by atoms with Crippen molar-refractivity contribution in [3.05, 3.63) is 54.6 Å². The summed E-state index contributed by atoms with van der Waals surface area (Å²) in [6.45, 7) is 0. The molecule has 1 aromatic carbocycles. The molecule has 2 fully saturated rings. The highest BCUT2D eigenvalue weighted by Crippen LogP contribution is 2.33. The van der Waals surface area contributed by atoms with Crippen LogP contribution in [0, 0.1) is 0 Å². The van der Waals surface area contributed by atoms with E-state index in [9.17, 15) is 10.2 Å². The van der Waals surface area contributed by atoms with Crippen LogP contribution in [0.25, 0.3) is 17.2 Å². The molecule has 0 bridgehead atoms. The van der Waals surface area contributed by atoms with Crippen LogP contribution in [0.15, 0.2) is 49.1 Å². The first-order valence-electron chi connectivity index (χ1n) is 10.4. The number of aromatic nitrogens is 4. The van der Waals surface area contributed by atoms with Gasteiger partial charge in [-0.15, -0.1) is 0 Å². The summed E-state index contributed by atoms with van der Waals surface area (Å²) in [7, 11) is 0. The number of hydrogen-bond donors (Lipinski definition) is 3. The van der Waals surface area contributed by atoms with Crippen LogP contribution < -0.4 is 5.32 Å². The molecule has 0 radical (unpaired) electrons. The molecule has 1 saturated carbocycles. The molecular weight excluding hydrogens is 382 g/mol. The van der Waals surface area contributed by atoms with E-state index < -0.39 is 24.5 Å². The monoisotopic (exact) mass is 407 g/mol. The van der Waals surface area contributed by atoms with Crippen molar-refractivity contribution in [3.63, 3.8) is 0 Å². The van der Waals surface area contributed by atoms with Crippen molar-refractivity contribution in [1.82, 2.24) is 19.5 Å². The van der Waals surface area contributed by atoms with Crippen LogP contribution in [0.2, 0.25) is 0 Å². The van der Waals surface area contributed by atoms with Crippen molar-refractivity contribution < 1.29 is 14.9 Å². The minimum atomic E-state index is -1.10. The molecule has 4 atom stereocenters. The first kappa shape index (κ1) is 19.2. The van der Waals surface area contributed by atoms with E-state index in [-0.39, 0.29) is 0 Å². The highest BCUT2D eigenvalue weighted by Gasteiger charge is 2.43. The van der Waals surface area contributed by atoms with E-state index in [1.54, 1.807) is 17.0 Å². The number of nitrogens with zero attached hydrogens (tertiary/aromatic N) is 4. The summed E-state index contributed by atoms with van der Waals surface area (Å²) in [5.74, 6) is 0.694. The summed E-state index contributed by atoms with van der Waals surface area (Å²) in [6, 6.07) is 10.2. The van der Waals surface area contributed by atoms with Crippen molar-refractivity contribution in [1.29, 1.82) is 0 Å². The third kappa shape index (κ3) is 3.58. The number of imidazole rings is 1. The van der Waals surface area contributed by atoms with Crippen LogP contribution >= 0.6 is 0 Å². The third-order valence-electron chi connectivity index (χ3n) is 5.88. The second-order valence-electron chi connectivity index (χ2n) is 7.91. The second kappa shape index (κ2) is 8.14. The van der Waals surface area contributed by atoms with Gasteiger partial charge in [0.2, 0.25) is 0 Å². The number of rotatable bonds is 5. The van der Waals surface area contributed by atoms with Crippen molar-refractivity contribution in [2.45, 2.75) is 56.3 Å². The van der Waals surface area contributed by atoms with Gasteiger partial charge in [0.05, 0.1) is 6.33 Å². The molecule has 2 aromatic heterocycles. The lowest BCUT2D eigenvalue weighted by atomic mass is 10.1. The lowest BCUT2D eigenvalue weighted by molar-refractivity contribution is -0.0243. The van der Waals surface area contributed by atoms with Crippen LogP contribution in [-0.4, -0.2) is 54.1 Å². The Labute approximate surface area is 174 Å². The Bertz CT molecular complexity index is 1030. The summed E-state index contributed by atoms with van der Waals surface area (Å²) in [6.07, 6.45) is 7.83. The van der Waals surface area contributed by atoms with Gasteiger partial charge in [-0.2, -0.15) is 0 Å². The maximum atomic E-state index is 10.6. The number of aliphatic hydroxyl groups excluding tert-OH is 2. The molecule has 1 aliphatic carbocycles. The quantitative estimate of drug-likeness (QED) is 0.597. The van der Waals surface area contributed by atoms with E-state index in [2.05, 4.69) is 20.3 Å². The minimum Gasteiger partial charge on any atom is -0.387 e. The van der Waals surface area contributed by atoms with E-state index >= 15 is 0 Å². The summed E-state index contributed by atoms with van der Waals surface area (Å²) in [4.78, 5) is 13.2. The standard InChI is InChI=1S/C22H25N5O3/c28-18-16(11-10-14-6-2-1-3-7-14)30-22(19(18)29)27-13-25-17-20(23-12-24-21(17)27)26-15-8-4-5-9-15/h1-3,6-7,10-13,15-16,18-19,22,28-29H,4-5,8-9H2,(H,23,24,26)/t16-,18+,19-,22-/m1/s1. The van der Waals surface area contributed by atoms with Crippen molar-refractivity contribution in [2.75, 3.05) is 5.32 Å². The van der Waals surface area contributed by atoms with Crippen LogP contribution in [-0.2, 0) is 4.74 Å². The number of aliphatic hydroxyl groups is 2. The molecule has 1 aliphatic heterocycles. The molecule has 3 aromatic rings. The number of fused-ring (bicyclic) bond motifs is 1. The number of benzene rings is 1. The zero-order valence-electron chi connectivity index (χ0n) is 16.5. The largest absolute Gasteiger partial charge is 0.387 e. The average molecular weight is 407 g/mol. The molecule has 2 aliphatic rings. The Morgan fingerprint density at radius 2 is 1.83 bits per heavy atom. The van der Waals surface area contributed by atoms with E-state index in [1.807, 2.05) is 36.4 Å². The van der Waals surface area contributed by atoms with Crippen molar-refractivity contribution in [2.24, 2.45) is 0 Å². The Balaban J connectivity index is 1.39. The molecule has 8 nitrogen and oxygen atoms in total. The molecule has 156 valence electrons. The van der Waals surface area contributed by atoms with Crippen LogP contribution in [0.1, 0.15) is 37.5 Å². The van der Waals surface area contributed by atoms with Gasteiger partial charge in [0.25, 0.3) is 0 Å². The first-order chi connectivity index (χ1) is 14.7. The van der Waals surface area contributed by atoms with Crippen molar-refractivity contribution >= 4 is 23.1 Å². The van der Waals surface area contributed by atoms with Crippen LogP contribution in [0.5, 0.6) is 0 Å². The fourth-order valence-electron chi connectivity index (χ4n) is 4.25. The minimum absolute atomic E-state index is 0.399. The maximum Gasteiger partial charge on any atom is 0.167 e. The first-order valence-corrected chi connectivity index (χ1v) is 10.4. The van der Waals surface area contributed by atoms with Gasteiger partial charge in [0.15, 0.2) is 23.2 Å². The molecule has 0 amide bonds. The molecule has 30 heavy (non-hydrogen) atoms. The Morgan fingerprint density at radius 3 is 2.63 bits per heavy atom. The van der Waals surface area contributed by atoms with E-state index in [0.717, 1.165) is 18.4 Å². The average Bonchev–Trinajstić information content (AvgIpc) is 3.49. The molecule has 3 heterocycles. The zero-order chi connectivity index (χ0) is 20.5. The topological polar surface area (TPSA) is 105 Å². The Morgan fingerprint density at radius 1 is 1.03 bits per heavy atom. The predicted octanol–water partition coefficient (Wildman–Crippen LogP) is 2.51. The van der Waals surface area contributed by atoms with Gasteiger partial charge in [0.1, 0.15) is 24.6 Å². The normalized spacial score (nSPS) is 27.4. The molecular formula is C22H25N5O3. The SMILES string of the molecule is O[C@@H]1[C@@H](O)[C@@H](C=Cc2ccccc2)O[C@H]1n1cnc2c(NC3CCCC3)ncnc21. The van der Waals surface area contributed by atoms with Gasteiger partial charge in [-0.3, -0.25) is 4.57 Å². The van der Waals surface area contributed by atoms with Gasteiger partial charge in [0, 0.05) is 6.04 Å². The smallest absolute Gasteiger partial charge is 0.167 e. The summed E-state index contributed by atoms with van der Waals surface area (Å²) >= 11 is 0. The summed E-state index contributed by atoms with van der Waals surface area (Å²) in [5.41, 5.74) is 2.20. The zero-order valence-corrected chi connectivity index (χ0v) is 16.5. The van der Waals surface area contributed by atoms with E-state index in [0.29, 0.717) is 23.0 Å². The maximum absolute atomic E-state index is 10.6. The summed E-state index contributed by atoms with van der Waals surface area (Å²) in [5, 5.41) is 24.6. The molecule has 0 unspecified atom stereocenters. The van der Waals surface area contributed by atoms with Gasteiger partial charge in [-0.05, 0) is 18.4 Å². The van der Waals surface area contributed by atoms with Gasteiger partial charge >= 0.3 is 0 Å². The molecule has 5 rings (SSSR count). The highest BCUT2D eigenvalue weighted by molar-refractivity contribution is 5.82. The van der Waals surface area contributed by atoms with Crippen LogP contribution in [0.3, 0.4) is 0 Å². The van der Waals surface area contributed by atoms with E-state index in [1.165, 1.54) is 19.2 Å². The summed E-state index contributed by atoms with van der Waals surface area (Å²) < 4.78 is 7.66. The third-order valence-corrected chi connectivity index (χ3v) is 5.88. The van der Waals surface area contributed by atoms with Gasteiger partial charge in [-0.1, -0.05) is 55.3 Å². The number of ether oxygens (including phenoxy) is 1. The second-order valence-corrected chi connectivity index (χ2v) is 7.91. The highest BCUT2D eigenvalue weighted by atomic mass is 16.6. The predicted molar refractivity (Wildman–Crippen MR) is 113 cm³/mol. The molecule has 0 spiro atoms. The lowest BCUT2D eigenvalue weighted by Crippen LogP contribution is -2.30. The fraction of sp³-hybridized carbons (Fsp3) is 0.409. The fourth-order valence-corrected chi connectivity index (χ4v) is 4.25. The Kier molecular flexibility index (Phi) is 5.20. The number of hydrogen-bond acceptors (Lipinski definition) is 7. The number of anilines is 1. The lowest BCUT2D eigenvalue weighted by Gasteiger charge is -2.17. The van der Waals surface area contributed by atoms with Gasteiger partial charge in [-0.25, -0.2) is 15.0 Å². The number of nitrogens with one attached hydrogen (secondary N) is 1.